The molecule has 1 aromatic carbocycles. The van der Waals surface area contributed by atoms with Gasteiger partial charge in [0, 0.05) is 24.6 Å². The van der Waals surface area contributed by atoms with Crippen LogP contribution in [0.25, 0.3) is 0 Å². The minimum Gasteiger partial charge on any atom is -0.479 e. The van der Waals surface area contributed by atoms with Crippen molar-refractivity contribution >= 4 is 11.8 Å². The third-order valence-corrected chi connectivity index (χ3v) is 3.15. The minimum atomic E-state index is 0.0923. The monoisotopic (exact) mass is 262 g/mol. The number of nitriles is 1. The van der Waals surface area contributed by atoms with Crippen molar-refractivity contribution < 1.29 is 4.74 Å². The van der Waals surface area contributed by atoms with E-state index in [4.69, 9.17) is 10.00 Å². The summed E-state index contributed by atoms with van der Waals surface area (Å²) in [5.74, 6) is 2.83. The smallest absolute Gasteiger partial charge is 0.174 e. The lowest BCUT2D eigenvalue weighted by molar-refractivity contribution is 0.367. The number of hydrogen-bond acceptors (Lipinski definition) is 4. The van der Waals surface area contributed by atoms with Gasteiger partial charge in [-0.05, 0) is 17.7 Å². The molecule has 0 heterocycles. The molecule has 0 radical (unpaired) electrons. The largest absolute Gasteiger partial charge is 0.479 e. The van der Waals surface area contributed by atoms with Gasteiger partial charge in [0.25, 0.3) is 0 Å². The molecule has 0 fully saturated rings. The highest BCUT2D eigenvalue weighted by molar-refractivity contribution is 7.99. The lowest BCUT2D eigenvalue weighted by Crippen LogP contribution is -2.16. The standard InChI is InChI=1S/C14H18N2OS/c1-2-9-18-10-7-16-12-13-4-3-5-14(11-13)17-8-6-15/h2-5,11,16H,1,7-10,12H2. The van der Waals surface area contributed by atoms with Gasteiger partial charge in [-0.15, -0.1) is 6.58 Å². The maximum absolute atomic E-state index is 8.44. The molecule has 0 spiro atoms. The van der Waals surface area contributed by atoms with Crippen molar-refractivity contribution in [1.29, 1.82) is 5.26 Å². The number of ether oxygens (including phenoxy) is 1. The summed E-state index contributed by atoms with van der Waals surface area (Å²) in [5.41, 5.74) is 1.17. The van der Waals surface area contributed by atoms with Gasteiger partial charge in [0.15, 0.2) is 6.61 Å². The zero-order chi connectivity index (χ0) is 13.1. The molecular weight excluding hydrogens is 244 g/mol. The van der Waals surface area contributed by atoms with Gasteiger partial charge in [-0.2, -0.15) is 17.0 Å². The van der Waals surface area contributed by atoms with Crippen LogP contribution in [0.2, 0.25) is 0 Å². The molecule has 0 aromatic heterocycles. The third-order valence-electron chi connectivity index (χ3n) is 2.19. The number of rotatable bonds is 9. The summed E-state index contributed by atoms with van der Waals surface area (Å²) in [6.07, 6.45) is 1.92. The Bertz CT molecular complexity index is 401. The highest BCUT2D eigenvalue weighted by atomic mass is 32.2. The SMILES string of the molecule is C=CCSCCNCc1cccc(OCC#N)c1. The second kappa shape index (κ2) is 9.58. The summed E-state index contributed by atoms with van der Waals surface area (Å²) < 4.78 is 5.25. The summed E-state index contributed by atoms with van der Waals surface area (Å²) in [4.78, 5) is 0. The van der Waals surface area contributed by atoms with Crippen LogP contribution in [-0.4, -0.2) is 24.7 Å². The maximum atomic E-state index is 8.44. The number of benzene rings is 1. The van der Waals surface area contributed by atoms with Gasteiger partial charge in [0.05, 0.1) is 0 Å². The van der Waals surface area contributed by atoms with E-state index in [1.54, 1.807) is 0 Å². The molecule has 0 bridgehead atoms. The van der Waals surface area contributed by atoms with E-state index in [0.29, 0.717) is 0 Å². The first-order chi connectivity index (χ1) is 8.86. The van der Waals surface area contributed by atoms with Crippen LogP contribution in [0, 0.1) is 11.3 Å². The van der Waals surface area contributed by atoms with Gasteiger partial charge >= 0.3 is 0 Å². The highest BCUT2D eigenvalue weighted by Gasteiger charge is 1.96. The van der Waals surface area contributed by atoms with Crippen LogP contribution in [0.15, 0.2) is 36.9 Å². The van der Waals surface area contributed by atoms with E-state index < -0.39 is 0 Å². The van der Waals surface area contributed by atoms with Crippen molar-refractivity contribution in [2.24, 2.45) is 0 Å². The Morgan fingerprint density at radius 3 is 3.17 bits per heavy atom. The van der Waals surface area contributed by atoms with Crippen LogP contribution >= 0.6 is 11.8 Å². The first-order valence-electron chi connectivity index (χ1n) is 5.85. The van der Waals surface area contributed by atoms with Crippen LogP contribution in [0.1, 0.15) is 5.56 Å². The normalized spacial score (nSPS) is 9.72. The number of nitrogens with one attached hydrogen (secondary N) is 1. The molecule has 1 N–H and O–H groups in total. The van der Waals surface area contributed by atoms with Gasteiger partial charge in [-0.3, -0.25) is 0 Å². The fourth-order valence-electron chi connectivity index (χ4n) is 1.40. The van der Waals surface area contributed by atoms with E-state index in [9.17, 15) is 0 Å². The number of hydrogen-bond donors (Lipinski definition) is 1. The summed E-state index contributed by atoms with van der Waals surface area (Å²) in [6.45, 7) is 5.57. The average Bonchev–Trinajstić information content (AvgIpc) is 2.41. The van der Waals surface area contributed by atoms with Gasteiger partial charge in [0.1, 0.15) is 11.8 Å². The second-order valence-electron chi connectivity index (χ2n) is 3.63. The summed E-state index contributed by atoms with van der Waals surface area (Å²) >= 11 is 1.86. The van der Waals surface area contributed by atoms with Crippen molar-refractivity contribution in [3.05, 3.63) is 42.5 Å². The summed E-state index contributed by atoms with van der Waals surface area (Å²) in [6, 6.07) is 9.77. The molecule has 18 heavy (non-hydrogen) atoms. The van der Waals surface area contributed by atoms with Crippen molar-refractivity contribution in [3.8, 4) is 11.8 Å². The first-order valence-corrected chi connectivity index (χ1v) is 7.00. The van der Waals surface area contributed by atoms with E-state index in [0.717, 1.165) is 30.3 Å². The molecule has 0 unspecified atom stereocenters. The van der Waals surface area contributed by atoms with E-state index in [1.807, 2.05) is 48.2 Å². The van der Waals surface area contributed by atoms with Gasteiger partial charge in [0.2, 0.25) is 0 Å². The molecule has 3 nitrogen and oxygen atoms in total. The predicted octanol–water partition coefficient (Wildman–Crippen LogP) is 2.60. The van der Waals surface area contributed by atoms with Crippen molar-refractivity contribution in [2.45, 2.75) is 6.54 Å². The Hall–Kier alpha value is -1.44. The Kier molecular flexibility index (Phi) is 7.78. The van der Waals surface area contributed by atoms with E-state index >= 15 is 0 Å². The molecular formula is C14H18N2OS. The topological polar surface area (TPSA) is 45.0 Å². The third kappa shape index (κ3) is 6.33. The van der Waals surface area contributed by atoms with Crippen LogP contribution in [0.3, 0.4) is 0 Å². The number of thioether (sulfide) groups is 1. The molecule has 1 rings (SSSR count). The van der Waals surface area contributed by atoms with E-state index in [1.165, 1.54) is 5.56 Å². The molecule has 0 aliphatic carbocycles. The molecule has 0 saturated heterocycles. The Morgan fingerprint density at radius 2 is 2.39 bits per heavy atom. The fraction of sp³-hybridized carbons (Fsp3) is 0.357. The van der Waals surface area contributed by atoms with Crippen LogP contribution in [0.5, 0.6) is 5.75 Å². The highest BCUT2D eigenvalue weighted by Crippen LogP contribution is 2.12. The van der Waals surface area contributed by atoms with E-state index in [-0.39, 0.29) is 6.61 Å². The Balaban J connectivity index is 2.25. The maximum Gasteiger partial charge on any atom is 0.174 e. The zero-order valence-electron chi connectivity index (χ0n) is 10.4. The van der Waals surface area contributed by atoms with Crippen LogP contribution in [0.4, 0.5) is 0 Å². The lowest BCUT2D eigenvalue weighted by atomic mass is 10.2. The second-order valence-corrected chi connectivity index (χ2v) is 4.78. The molecule has 0 aliphatic heterocycles. The average molecular weight is 262 g/mol. The molecule has 1 aromatic rings. The molecule has 0 aliphatic rings. The lowest BCUT2D eigenvalue weighted by Gasteiger charge is -2.06. The number of nitrogens with zero attached hydrogens (tertiary/aromatic N) is 1. The molecule has 0 saturated carbocycles. The predicted molar refractivity (Wildman–Crippen MR) is 76.8 cm³/mol. The van der Waals surface area contributed by atoms with Crippen molar-refractivity contribution in [1.82, 2.24) is 5.32 Å². The molecule has 0 atom stereocenters. The Labute approximate surface area is 113 Å². The van der Waals surface area contributed by atoms with Crippen molar-refractivity contribution in [3.63, 3.8) is 0 Å². The van der Waals surface area contributed by atoms with Crippen LogP contribution in [-0.2, 0) is 6.54 Å². The fourth-order valence-corrected chi connectivity index (χ4v) is 2.03. The summed E-state index contributed by atoms with van der Waals surface area (Å²) in [7, 11) is 0. The van der Waals surface area contributed by atoms with E-state index in [2.05, 4.69) is 11.9 Å². The molecule has 96 valence electrons. The zero-order valence-corrected chi connectivity index (χ0v) is 11.2. The summed E-state index contributed by atoms with van der Waals surface area (Å²) in [5, 5.41) is 11.8. The van der Waals surface area contributed by atoms with Crippen molar-refractivity contribution in [2.75, 3.05) is 24.7 Å². The van der Waals surface area contributed by atoms with Crippen LogP contribution < -0.4 is 10.1 Å². The van der Waals surface area contributed by atoms with Gasteiger partial charge < -0.3 is 10.1 Å². The van der Waals surface area contributed by atoms with Gasteiger partial charge in [-0.1, -0.05) is 18.2 Å². The first kappa shape index (κ1) is 14.6. The Morgan fingerprint density at radius 1 is 1.50 bits per heavy atom. The minimum absolute atomic E-state index is 0.0923. The molecule has 0 amide bonds. The quantitative estimate of drug-likeness (QED) is 0.549. The van der Waals surface area contributed by atoms with Gasteiger partial charge in [-0.25, -0.2) is 0 Å². The molecule has 4 heteroatoms.